The fourth-order valence-electron chi connectivity index (χ4n) is 4.61. The van der Waals surface area contributed by atoms with E-state index in [2.05, 4.69) is 103 Å². The summed E-state index contributed by atoms with van der Waals surface area (Å²) < 4.78 is 0. The van der Waals surface area contributed by atoms with Crippen molar-refractivity contribution in [1.82, 2.24) is 4.98 Å². The number of nitrogens with zero attached hydrogens (tertiary/aromatic N) is 2. The van der Waals surface area contributed by atoms with Crippen LogP contribution >= 0.6 is 0 Å². The lowest BCUT2D eigenvalue weighted by Gasteiger charge is -2.35. The minimum Gasteiger partial charge on any atom is -0.271 e. The molecule has 0 spiro atoms. The van der Waals surface area contributed by atoms with Crippen molar-refractivity contribution in [3.05, 3.63) is 137 Å². The van der Waals surface area contributed by atoms with E-state index in [4.69, 9.17) is 4.99 Å². The second-order valence-corrected chi connectivity index (χ2v) is 7.94. The van der Waals surface area contributed by atoms with Crippen molar-refractivity contribution in [2.45, 2.75) is 24.8 Å². The molecule has 5 rings (SSSR count). The monoisotopic (exact) mass is 388 g/mol. The Balaban J connectivity index is 1.78. The third kappa shape index (κ3) is 3.15. The molecule has 0 saturated heterocycles. The van der Waals surface area contributed by atoms with E-state index in [0.29, 0.717) is 0 Å². The summed E-state index contributed by atoms with van der Waals surface area (Å²) in [7, 11) is 0. The number of hydrogen-bond acceptors (Lipinski definition) is 2. The van der Waals surface area contributed by atoms with Gasteiger partial charge in [-0.3, -0.25) is 9.98 Å². The maximum Gasteiger partial charge on any atom is 0.118 e. The summed E-state index contributed by atoms with van der Waals surface area (Å²) in [4.78, 5) is 10.1. The minimum absolute atomic E-state index is 0.194. The van der Waals surface area contributed by atoms with Crippen LogP contribution in [0.3, 0.4) is 0 Å². The quantitative estimate of drug-likeness (QED) is 0.402. The van der Waals surface area contributed by atoms with Crippen LogP contribution in [-0.2, 0) is 5.54 Å². The predicted molar refractivity (Wildman–Crippen MR) is 123 cm³/mol. The van der Waals surface area contributed by atoms with Crippen molar-refractivity contribution in [3.8, 4) is 0 Å². The van der Waals surface area contributed by atoms with Crippen LogP contribution in [0.25, 0.3) is 0 Å². The first kappa shape index (κ1) is 18.5. The average Bonchev–Trinajstić information content (AvgIpc) is 3.23. The van der Waals surface area contributed by atoms with Gasteiger partial charge in [0.15, 0.2) is 0 Å². The van der Waals surface area contributed by atoms with E-state index in [1.807, 2.05) is 18.3 Å². The van der Waals surface area contributed by atoms with E-state index in [-0.39, 0.29) is 5.92 Å². The zero-order valence-corrected chi connectivity index (χ0v) is 17.1. The molecule has 1 aliphatic rings. The molecule has 30 heavy (non-hydrogen) atoms. The lowest BCUT2D eigenvalue weighted by atomic mass is 9.71. The van der Waals surface area contributed by atoms with Crippen LogP contribution in [0.2, 0.25) is 0 Å². The Kier molecular flexibility index (Phi) is 4.76. The Morgan fingerprint density at radius 1 is 0.700 bits per heavy atom. The minimum atomic E-state index is -0.482. The molecule has 0 radical (unpaired) electrons. The number of pyridine rings is 1. The normalized spacial score (nSPS) is 17.5. The highest BCUT2D eigenvalue weighted by molar-refractivity contribution is 6.01. The number of benzene rings is 3. The fraction of sp³-hybridized carbons (Fsp3) is 0.143. The number of aryl methyl sites for hydroxylation is 1. The number of hydrogen-bond donors (Lipinski definition) is 0. The first-order valence-electron chi connectivity index (χ1n) is 10.4. The molecular formula is C28H24N2. The van der Waals surface area contributed by atoms with Gasteiger partial charge < -0.3 is 0 Å². The predicted octanol–water partition coefficient (Wildman–Crippen LogP) is 6.31. The zero-order valence-electron chi connectivity index (χ0n) is 17.1. The van der Waals surface area contributed by atoms with Gasteiger partial charge in [0, 0.05) is 18.5 Å². The van der Waals surface area contributed by atoms with Gasteiger partial charge in [0.1, 0.15) is 5.54 Å². The van der Waals surface area contributed by atoms with Crippen LogP contribution in [0.4, 0.5) is 0 Å². The second kappa shape index (κ2) is 7.72. The largest absolute Gasteiger partial charge is 0.271 e. The molecule has 1 atom stereocenters. The van der Waals surface area contributed by atoms with Gasteiger partial charge in [-0.25, -0.2) is 0 Å². The van der Waals surface area contributed by atoms with Crippen molar-refractivity contribution in [2.24, 2.45) is 4.99 Å². The number of aliphatic imine (C=N–C) groups is 1. The van der Waals surface area contributed by atoms with E-state index in [9.17, 15) is 0 Å². The fourth-order valence-corrected chi connectivity index (χ4v) is 4.61. The molecular weight excluding hydrogens is 364 g/mol. The van der Waals surface area contributed by atoms with Gasteiger partial charge in [-0.1, -0.05) is 96.6 Å². The Morgan fingerprint density at radius 2 is 1.30 bits per heavy atom. The summed E-state index contributed by atoms with van der Waals surface area (Å²) >= 11 is 0. The van der Waals surface area contributed by atoms with E-state index in [0.717, 1.165) is 17.8 Å². The van der Waals surface area contributed by atoms with Crippen LogP contribution in [0.5, 0.6) is 0 Å². The first-order valence-corrected chi connectivity index (χ1v) is 10.4. The van der Waals surface area contributed by atoms with Gasteiger partial charge in [-0.2, -0.15) is 0 Å². The van der Waals surface area contributed by atoms with Crippen LogP contribution in [0.15, 0.2) is 114 Å². The van der Waals surface area contributed by atoms with Gasteiger partial charge in [-0.05, 0) is 35.7 Å². The molecule has 2 nitrogen and oxygen atoms in total. The molecule has 0 unspecified atom stereocenters. The molecule has 4 aromatic rings. The molecule has 0 aliphatic carbocycles. The highest BCUT2D eigenvalue weighted by atomic mass is 15.0. The lowest BCUT2D eigenvalue weighted by Crippen LogP contribution is -2.30. The van der Waals surface area contributed by atoms with E-state index in [1.165, 1.54) is 22.3 Å². The molecule has 0 amide bonds. The molecule has 0 saturated carbocycles. The van der Waals surface area contributed by atoms with Crippen molar-refractivity contribution in [1.29, 1.82) is 0 Å². The van der Waals surface area contributed by atoms with Crippen molar-refractivity contribution in [2.75, 3.05) is 0 Å². The molecule has 2 heterocycles. The van der Waals surface area contributed by atoms with Crippen molar-refractivity contribution >= 4 is 5.71 Å². The summed E-state index contributed by atoms with van der Waals surface area (Å²) in [5, 5.41) is 0. The molecule has 2 heteroatoms. The third-order valence-electron chi connectivity index (χ3n) is 6.08. The van der Waals surface area contributed by atoms with Gasteiger partial charge in [-0.15, -0.1) is 0 Å². The summed E-state index contributed by atoms with van der Waals surface area (Å²) in [6, 6.07) is 36.4. The van der Waals surface area contributed by atoms with E-state index < -0.39 is 5.54 Å². The molecule has 0 fully saturated rings. The summed E-state index contributed by atoms with van der Waals surface area (Å²) in [6.07, 6.45) is 2.70. The summed E-state index contributed by atoms with van der Waals surface area (Å²) in [5.41, 5.74) is 6.55. The Bertz CT molecular complexity index is 1110. The van der Waals surface area contributed by atoms with E-state index >= 15 is 0 Å². The van der Waals surface area contributed by atoms with Crippen LogP contribution < -0.4 is 0 Å². The molecule has 1 aliphatic heterocycles. The van der Waals surface area contributed by atoms with E-state index in [1.54, 1.807) is 0 Å². The standard InChI is InChI=1S/C28H24N2/c1-21-15-17-22(18-16-21)25-20-27(26-14-8-9-19-29-26)30-28(25,23-10-4-2-5-11-23)24-12-6-3-7-13-24/h2-19,25H,20H2,1H3/t25-/m1/s1. The maximum atomic E-state index is 5.46. The number of aromatic nitrogens is 1. The molecule has 1 aromatic heterocycles. The number of rotatable bonds is 4. The van der Waals surface area contributed by atoms with Crippen molar-refractivity contribution in [3.63, 3.8) is 0 Å². The third-order valence-corrected chi connectivity index (χ3v) is 6.08. The van der Waals surface area contributed by atoms with Gasteiger partial charge in [0.25, 0.3) is 0 Å². The Labute approximate surface area is 178 Å². The first-order chi connectivity index (χ1) is 14.8. The van der Waals surface area contributed by atoms with Gasteiger partial charge in [0.2, 0.25) is 0 Å². The highest BCUT2D eigenvalue weighted by Crippen LogP contribution is 2.52. The average molecular weight is 389 g/mol. The Hall–Kier alpha value is -3.52. The Morgan fingerprint density at radius 3 is 1.87 bits per heavy atom. The summed E-state index contributed by atoms with van der Waals surface area (Å²) in [5.74, 6) is 0.194. The van der Waals surface area contributed by atoms with Crippen LogP contribution in [0, 0.1) is 6.92 Å². The summed E-state index contributed by atoms with van der Waals surface area (Å²) in [6.45, 7) is 2.13. The molecule has 3 aromatic carbocycles. The van der Waals surface area contributed by atoms with Gasteiger partial charge in [0.05, 0.1) is 11.4 Å². The molecule has 0 N–H and O–H groups in total. The van der Waals surface area contributed by atoms with Crippen molar-refractivity contribution < 1.29 is 0 Å². The SMILES string of the molecule is Cc1ccc([C@H]2CC(c3ccccn3)=NC2(c2ccccc2)c2ccccc2)cc1. The lowest BCUT2D eigenvalue weighted by molar-refractivity contribution is 0.466. The molecule has 0 bridgehead atoms. The maximum absolute atomic E-state index is 5.46. The molecule has 146 valence electrons. The smallest absolute Gasteiger partial charge is 0.118 e. The topological polar surface area (TPSA) is 25.2 Å². The van der Waals surface area contributed by atoms with Gasteiger partial charge >= 0.3 is 0 Å². The zero-order chi connectivity index (χ0) is 20.4. The van der Waals surface area contributed by atoms with Crippen LogP contribution in [-0.4, -0.2) is 10.7 Å². The van der Waals surface area contributed by atoms with Crippen LogP contribution in [0.1, 0.15) is 40.3 Å². The highest BCUT2D eigenvalue weighted by Gasteiger charge is 2.47. The second-order valence-electron chi connectivity index (χ2n) is 7.94.